The highest BCUT2D eigenvalue weighted by Crippen LogP contribution is 2.20. The minimum absolute atomic E-state index is 0.112. The van der Waals surface area contributed by atoms with Crippen molar-refractivity contribution in [1.82, 2.24) is 0 Å². The van der Waals surface area contributed by atoms with E-state index in [-0.39, 0.29) is 12.2 Å². The van der Waals surface area contributed by atoms with Crippen LogP contribution >= 0.6 is 0 Å². The van der Waals surface area contributed by atoms with Crippen molar-refractivity contribution >= 4 is 5.97 Å². The maximum atomic E-state index is 10.8. The van der Waals surface area contributed by atoms with Crippen LogP contribution in [0.5, 0.6) is 0 Å². The molecule has 1 aliphatic carbocycles. The third-order valence-electron chi connectivity index (χ3n) is 2.05. The zero-order chi connectivity index (χ0) is 8.97. The van der Waals surface area contributed by atoms with Gasteiger partial charge in [-0.15, -0.1) is 0 Å². The average molecular weight is 170 g/mol. The van der Waals surface area contributed by atoms with Gasteiger partial charge in [-0.2, -0.15) is 0 Å². The average Bonchev–Trinajstić information content (AvgIpc) is 2.04. The summed E-state index contributed by atoms with van der Waals surface area (Å²) >= 11 is 0. The summed E-state index contributed by atoms with van der Waals surface area (Å²) in [5, 5.41) is 9.25. The van der Waals surface area contributed by atoms with E-state index < -0.39 is 5.97 Å². The summed E-state index contributed by atoms with van der Waals surface area (Å²) in [5.74, 6) is -0.394. The molecule has 1 aliphatic rings. The summed E-state index contributed by atoms with van der Waals surface area (Å²) in [6.45, 7) is 3.31. The van der Waals surface area contributed by atoms with Gasteiger partial charge in [-0.25, -0.2) is 4.79 Å². The van der Waals surface area contributed by atoms with Crippen LogP contribution in [0, 0.1) is 0 Å². The number of aliphatic hydroxyl groups excluding tert-OH is 1. The van der Waals surface area contributed by atoms with Gasteiger partial charge >= 0.3 is 5.97 Å². The van der Waals surface area contributed by atoms with Crippen molar-refractivity contribution in [2.24, 2.45) is 0 Å². The van der Waals surface area contributed by atoms with E-state index in [1.807, 2.05) is 0 Å². The molecule has 1 N–H and O–H groups in total. The van der Waals surface area contributed by atoms with Crippen molar-refractivity contribution in [3.8, 4) is 0 Å². The Morgan fingerprint density at radius 1 is 1.58 bits per heavy atom. The fraction of sp³-hybridized carbons (Fsp3) is 0.667. The van der Waals surface area contributed by atoms with E-state index in [1.165, 1.54) is 0 Å². The minimum atomic E-state index is -0.394. The van der Waals surface area contributed by atoms with Gasteiger partial charge in [-0.1, -0.05) is 6.58 Å². The monoisotopic (exact) mass is 170 g/mol. The number of ether oxygens (including phenoxy) is 1. The topological polar surface area (TPSA) is 46.5 Å². The normalized spacial score (nSPS) is 29.4. The Morgan fingerprint density at radius 3 is 2.92 bits per heavy atom. The van der Waals surface area contributed by atoms with Crippen molar-refractivity contribution in [2.45, 2.75) is 37.9 Å². The molecule has 1 saturated carbocycles. The molecule has 3 nitrogen and oxygen atoms in total. The first-order valence-electron chi connectivity index (χ1n) is 4.23. The third kappa shape index (κ3) is 2.66. The molecule has 12 heavy (non-hydrogen) atoms. The highest BCUT2D eigenvalue weighted by atomic mass is 16.5. The van der Waals surface area contributed by atoms with Crippen LogP contribution in [-0.2, 0) is 9.53 Å². The summed E-state index contributed by atoms with van der Waals surface area (Å²) in [6, 6.07) is 0. The van der Waals surface area contributed by atoms with Gasteiger partial charge in [-0.05, 0) is 19.3 Å². The molecule has 0 bridgehead atoms. The molecule has 3 heteroatoms. The van der Waals surface area contributed by atoms with Crippen molar-refractivity contribution in [1.29, 1.82) is 0 Å². The van der Waals surface area contributed by atoms with Crippen molar-refractivity contribution in [3.63, 3.8) is 0 Å². The molecule has 0 aromatic carbocycles. The molecule has 68 valence electrons. The first-order chi connectivity index (χ1) is 5.72. The highest BCUT2D eigenvalue weighted by Gasteiger charge is 2.22. The van der Waals surface area contributed by atoms with E-state index in [2.05, 4.69) is 6.58 Å². The van der Waals surface area contributed by atoms with Crippen LogP contribution in [0.3, 0.4) is 0 Å². The van der Waals surface area contributed by atoms with Crippen LogP contribution in [0.1, 0.15) is 25.7 Å². The van der Waals surface area contributed by atoms with Crippen LogP contribution in [-0.4, -0.2) is 23.3 Å². The maximum absolute atomic E-state index is 10.8. The lowest BCUT2D eigenvalue weighted by Gasteiger charge is -2.25. The van der Waals surface area contributed by atoms with E-state index in [0.717, 1.165) is 25.3 Å². The van der Waals surface area contributed by atoms with E-state index in [0.29, 0.717) is 6.42 Å². The number of carbonyl (C=O) groups excluding carboxylic acids is 1. The van der Waals surface area contributed by atoms with Crippen LogP contribution in [0.15, 0.2) is 12.7 Å². The molecule has 2 atom stereocenters. The lowest BCUT2D eigenvalue weighted by molar-refractivity contribution is -0.146. The summed E-state index contributed by atoms with van der Waals surface area (Å²) in [4.78, 5) is 10.8. The van der Waals surface area contributed by atoms with Crippen LogP contribution < -0.4 is 0 Å². The Balaban J connectivity index is 2.31. The van der Waals surface area contributed by atoms with Gasteiger partial charge in [0.25, 0.3) is 0 Å². The second kappa shape index (κ2) is 4.26. The predicted octanol–water partition coefficient (Wildman–Crippen LogP) is 1.02. The first kappa shape index (κ1) is 9.26. The van der Waals surface area contributed by atoms with Crippen LogP contribution in [0.4, 0.5) is 0 Å². The van der Waals surface area contributed by atoms with Gasteiger partial charge in [0.15, 0.2) is 0 Å². The Kier molecular flexibility index (Phi) is 3.29. The van der Waals surface area contributed by atoms with Crippen LogP contribution in [0.25, 0.3) is 0 Å². The first-order valence-corrected chi connectivity index (χ1v) is 4.23. The van der Waals surface area contributed by atoms with E-state index in [1.54, 1.807) is 0 Å². The molecular weight excluding hydrogens is 156 g/mol. The summed E-state index contributed by atoms with van der Waals surface area (Å²) < 4.78 is 4.99. The second-order valence-electron chi connectivity index (χ2n) is 3.08. The fourth-order valence-electron chi connectivity index (χ4n) is 1.44. The predicted molar refractivity (Wildman–Crippen MR) is 44.6 cm³/mol. The molecule has 0 aromatic heterocycles. The molecule has 1 rings (SSSR count). The van der Waals surface area contributed by atoms with Crippen molar-refractivity contribution in [2.75, 3.05) is 0 Å². The molecular formula is C9H14O3. The molecule has 0 saturated heterocycles. The molecule has 0 radical (unpaired) electrons. The third-order valence-corrected chi connectivity index (χ3v) is 2.05. The molecule has 0 amide bonds. The number of carbonyl (C=O) groups is 1. The summed E-state index contributed by atoms with van der Waals surface area (Å²) in [7, 11) is 0. The van der Waals surface area contributed by atoms with E-state index in [9.17, 15) is 9.90 Å². The fourth-order valence-corrected chi connectivity index (χ4v) is 1.44. The number of hydrogen-bond acceptors (Lipinski definition) is 3. The van der Waals surface area contributed by atoms with Gasteiger partial charge in [0.05, 0.1) is 6.10 Å². The van der Waals surface area contributed by atoms with E-state index >= 15 is 0 Å². The molecule has 0 aromatic rings. The van der Waals surface area contributed by atoms with Gasteiger partial charge in [0.1, 0.15) is 6.10 Å². The number of esters is 1. The Labute approximate surface area is 72.0 Å². The summed E-state index contributed by atoms with van der Waals surface area (Å²) in [5.41, 5.74) is 0. The maximum Gasteiger partial charge on any atom is 0.330 e. The number of rotatable bonds is 2. The zero-order valence-electron chi connectivity index (χ0n) is 7.03. The number of hydrogen-bond donors (Lipinski definition) is 1. The highest BCUT2D eigenvalue weighted by molar-refractivity contribution is 5.81. The van der Waals surface area contributed by atoms with Gasteiger partial charge in [0, 0.05) is 12.5 Å². The quantitative estimate of drug-likeness (QED) is 0.497. The Hall–Kier alpha value is -0.830. The lowest BCUT2D eigenvalue weighted by atomic mass is 9.95. The smallest absolute Gasteiger partial charge is 0.330 e. The molecule has 0 aliphatic heterocycles. The Bertz CT molecular complexity index is 177. The minimum Gasteiger partial charge on any atom is -0.459 e. The van der Waals surface area contributed by atoms with Crippen molar-refractivity contribution in [3.05, 3.63) is 12.7 Å². The van der Waals surface area contributed by atoms with Gasteiger partial charge < -0.3 is 9.84 Å². The zero-order valence-corrected chi connectivity index (χ0v) is 7.03. The number of aliphatic hydroxyl groups is 1. The molecule has 0 spiro atoms. The largest absolute Gasteiger partial charge is 0.459 e. The van der Waals surface area contributed by atoms with E-state index in [4.69, 9.17) is 4.74 Å². The summed E-state index contributed by atoms with van der Waals surface area (Å²) in [6.07, 6.45) is 3.91. The molecule has 0 heterocycles. The molecule has 2 unspecified atom stereocenters. The van der Waals surface area contributed by atoms with Gasteiger partial charge in [-0.3, -0.25) is 0 Å². The second-order valence-corrected chi connectivity index (χ2v) is 3.08. The van der Waals surface area contributed by atoms with Gasteiger partial charge in [0.2, 0.25) is 0 Å². The Morgan fingerprint density at radius 2 is 2.33 bits per heavy atom. The lowest BCUT2D eigenvalue weighted by Crippen LogP contribution is -2.27. The van der Waals surface area contributed by atoms with Crippen LogP contribution in [0.2, 0.25) is 0 Å². The standard InChI is InChI=1S/C9H14O3/c1-2-9(11)12-8-5-3-4-7(10)6-8/h2,7-8,10H,1,3-6H2. The SMILES string of the molecule is C=CC(=O)OC1CCCC(O)C1. The molecule has 1 fully saturated rings. The van der Waals surface area contributed by atoms with Crippen molar-refractivity contribution < 1.29 is 14.6 Å².